The van der Waals surface area contributed by atoms with E-state index in [2.05, 4.69) is 5.32 Å². The Morgan fingerprint density at radius 1 is 1.10 bits per heavy atom. The fourth-order valence-corrected chi connectivity index (χ4v) is 3.53. The highest BCUT2D eigenvalue weighted by atomic mass is 35.5. The Labute approximate surface area is 173 Å². The molecule has 0 bridgehead atoms. The normalized spacial score (nSPS) is 24.6. The van der Waals surface area contributed by atoms with Gasteiger partial charge in [-0.1, -0.05) is 59.1 Å². The van der Waals surface area contributed by atoms with Crippen LogP contribution in [-0.2, 0) is 0 Å². The highest BCUT2D eigenvalue weighted by Crippen LogP contribution is 2.44. The average Bonchev–Trinajstić information content (AvgIpc) is 2.62. The third kappa shape index (κ3) is 3.92. The predicted octanol–water partition coefficient (Wildman–Crippen LogP) is 4.41. The van der Waals surface area contributed by atoms with Gasteiger partial charge in [0.2, 0.25) is 5.72 Å². The molecule has 0 radical (unpaired) electrons. The van der Waals surface area contributed by atoms with Gasteiger partial charge in [-0.15, -0.1) is 0 Å². The standard InChI is InChI=1S/C19H15Cl2F3N2O3/c1-9-2-4-10(5-3-9)16(27)14-15(11-6-7-12(20)13(21)8-11)25-17(28)26-18(14,29)19(22,23)24/h2-8,14-15,29H,1H3,(H2,25,26,28)/t14-,15-,18+/m1/s1. The van der Waals surface area contributed by atoms with Gasteiger partial charge < -0.3 is 15.7 Å². The van der Waals surface area contributed by atoms with Crippen LogP contribution in [0.3, 0.4) is 0 Å². The molecule has 2 aromatic carbocycles. The van der Waals surface area contributed by atoms with E-state index >= 15 is 0 Å². The summed E-state index contributed by atoms with van der Waals surface area (Å²) in [6.07, 6.45) is -5.33. The number of rotatable bonds is 3. The molecule has 2 amide bonds. The molecule has 1 heterocycles. The van der Waals surface area contributed by atoms with E-state index in [1.165, 1.54) is 35.6 Å². The molecular weight excluding hydrogens is 432 g/mol. The van der Waals surface area contributed by atoms with Crippen molar-refractivity contribution in [3.05, 3.63) is 69.2 Å². The summed E-state index contributed by atoms with van der Waals surface area (Å²) in [7, 11) is 0. The lowest BCUT2D eigenvalue weighted by Gasteiger charge is -2.45. The number of Topliss-reactive ketones (excluding diaryl/α,β-unsaturated/α-hetero) is 1. The van der Waals surface area contributed by atoms with Crippen LogP contribution in [0.5, 0.6) is 0 Å². The van der Waals surface area contributed by atoms with E-state index in [9.17, 15) is 27.9 Å². The lowest BCUT2D eigenvalue weighted by atomic mass is 9.77. The number of alkyl halides is 3. The van der Waals surface area contributed by atoms with Crippen LogP contribution in [0, 0.1) is 12.8 Å². The van der Waals surface area contributed by atoms with Gasteiger partial charge >= 0.3 is 12.2 Å². The zero-order valence-corrected chi connectivity index (χ0v) is 16.4. The molecule has 0 unspecified atom stereocenters. The number of nitrogens with one attached hydrogen (secondary N) is 2. The van der Waals surface area contributed by atoms with E-state index in [0.29, 0.717) is 0 Å². The number of hydrogen-bond acceptors (Lipinski definition) is 3. The van der Waals surface area contributed by atoms with Gasteiger partial charge in [-0.25, -0.2) is 4.79 Å². The summed E-state index contributed by atoms with van der Waals surface area (Å²) in [5, 5.41) is 14.4. The van der Waals surface area contributed by atoms with Crippen LogP contribution < -0.4 is 10.6 Å². The number of carbonyl (C=O) groups excluding carboxylic acids is 2. The number of hydrogen-bond donors (Lipinski definition) is 3. The van der Waals surface area contributed by atoms with Crippen LogP contribution in [-0.4, -0.2) is 28.8 Å². The van der Waals surface area contributed by atoms with E-state index in [4.69, 9.17) is 23.2 Å². The van der Waals surface area contributed by atoms with Crippen LogP contribution in [0.4, 0.5) is 18.0 Å². The van der Waals surface area contributed by atoms with Crippen LogP contribution in [0.25, 0.3) is 0 Å². The molecule has 1 saturated heterocycles. The van der Waals surface area contributed by atoms with E-state index in [-0.39, 0.29) is 21.2 Å². The average molecular weight is 447 g/mol. The van der Waals surface area contributed by atoms with Crippen molar-refractivity contribution in [1.82, 2.24) is 10.6 Å². The molecule has 1 aliphatic rings. The first-order valence-corrected chi connectivity index (χ1v) is 9.13. The summed E-state index contributed by atoms with van der Waals surface area (Å²) in [6, 6.07) is 6.93. The van der Waals surface area contributed by atoms with Crippen molar-refractivity contribution < 1.29 is 27.9 Å². The summed E-state index contributed by atoms with van der Waals surface area (Å²) in [6.45, 7) is 1.75. The Bertz CT molecular complexity index is 966. The molecule has 1 fully saturated rings. The molecule has 2 aromatic rings. The minimum atomic E-state index is -5.33. The van der Waals surface area contributed by atoms with Crippen molar-refractivity contribution >= 4 is 35.0 Å². The van der Waals surface area contributed by atoms with E-state index in [0.717, 1.165) is 5.56 Å². The van der Waals surface area contributed by atoms with Crippen molar-refractivity contribution in [2.75, 3.05) is 0 Å². The number of carbonyl (C=O) groups is 2. The van der Waals surface area contributed by atoms with Gasteiger partial charge in [0.25, 0.3) is 0 Å². The van der Waals surface area contributed by atoms with Gasteiger partial charge in [-0.05, 0) is 24.6 Å². The van der Waals surface area contributed by atoms with Crippen molar-refractivity contribution in [2.24, 2.45) is 5.92 Å². The van der Waals surface area contributed by atoms with Crippen molar-refractivity contribution in [2.45, 2.75) is 24.9 Å². The molecule has 0 spiro atoms. The Hall–Kier alpha value is -2.29. The molecular formula is C19H15Cl2F3N2O3. The van der Waals surface area contributed by atoms with Crippen molar-refractivity contribution in [1.29, 1.82) is 0 Å². The second kappa shape index (κ2) is 7.51. The number of ketones is 1. The molecule has 10 heteroatoms. The third-order valence-electron chi connectivity index (χ3n) is 4.73. The fraction of sp³-hybridized carbons (Fsp3) is 0.263. The van der Waals surface area contributed by atoms with Gasteiger partial charge in [0.1, 0.15) is 5.92 Å². The molecule has 0 saturated carbocycles. The second-order valence-electron chi connectivity index (χ2n) is 6.72. The maximum absolute atomic E-state index is 13.8. The van der Waals surface area contributed by atoms with Crippen LogP contribution in [0.1, 0.15) is 27.5 Å². The maximum atomic E-state index is 13.8. The van der Waals surface area contributed by atoms with E-state index < -0.39 is 35.7 Å². The summed E-state index contributed by atoms with van der Waals surface area (Å²) < 4.78 is 41.5. The number of benzene rings is 2. The molecule has 3 N–H and O–H groups in total. The van der Waals surface area contributed by atoms with Crippen molar-refractivity contribution in [3.63, 3.8) is 0 Å². The van der Waals surface area contributed by atoms with E-state index in [1.54, 1.807) is 19.1 Å². The van der Waals surface area contributed by atoms with Gasteiger partial charge in [0, 0.05) is 5.56 Å². The van der Waals surface area contributed by atoms with Crippen LogP contribution >= 0.6 is 23.2 Å². The Morgan fingerprint density at radius 2 is 1.72 bits per heavy atom. The lowest BCUT2D eigenvalue weighted by molar-refractivity contribution is -0.287. The highest BCUT2D eigenvalue weighted by molar-refractivity contribution is 6.42. The first kappa shape index (κ1) is 21.4. The molecule has 3 atom stereocenters. The SMILES string of the molecule is Cc1ccc(C(=O)[C@H]2[C@@H](c3ccc(Cl)c(Cl)c3)NC(=O)N[C@@]2(O)C(F)(F)F)cc1. The maximum Gasteiger partial charge on any atom is 0.437 e. The predicted molar refractivity (Wildman–Crippen MR) is 101 cm³/mol. The van der Waals surface area contributed by atoms with Crippen LogP contribution in [0.2, 0.25) is 10.0 Å². The third-order valence-corrected chi connectivity index (χ3v) is 5.47. The molecule has 1 aliphatic heterocycles. The smallest absolute Gasteiger partial charge is 0.363 e. The van der Waals surface area contributed by atoms with Crippen molar-refractivity contribution in [3.8, 4) is 0 Å². The largest absolute Gasteiger partial charge is 0.437 e. The summed E-state index contributed by atoms with van der Waals surface area (Å²) in [4.78, 5) is 25.1. The molecule has 29 heavy (non-hydrogen) atoms. The second-order valence-corrected chi connectivity index (χ2v) is 7.54. The molecule has 5 nitrogen and oxygen atoms in total. The first-order valence-electron chi connectivity index (χ1n) is 8.37. The summed E-state index contributed by atoms with van der Waals surface area (Å²) >= 11 is 11.8. The minimum Gasteiger partial charge on any atom is -0.363 e. The fourth-order valence-electron chi connectivity index (χ4n) is 3.22. The van der Waals surface area contributed by atoms with Gasteiger partial charge in [0.05, 0.1) is 16.1 Å². The quantitative estimate of drug-likeness (QED) is 0.611. The Balaban J connectivity index is 2.17. The lowest BCUT2D eigenvalue weighted by Crippen LogP contribution is -2.72. The van der Waals surface area contributed by atoms with Crippen LogP contribution in [0.15, 0.2) is 42.5 Å². The zero-order chi connectivity index (χ0) is 21.6. The number of urea groups is 1. The molecule has 0 aromatic heterocycles. The summed E-state index contributed by atoms with van der Waals surface area (Å²) in [5.41, 5.74) is -2.97. The highest BCUT2D eigenvalue weighted by Gasteiger charge is 2.66. The monoisotopic (exact) mass is 446 g/mol. The number of aryl methyl sites for hydroxylation is 1. The Morgan fingerprint density at radius 3 is 2.28 bits per heavy atom. The molecule has 154 valence electrons. The Kier molecular flexibility index (Phi) is 5.55. The number of halogens is 5. The number of aliphatic hydroxyl groups is 1. The van der Waals surface area contributed by atoms with Gasteiger partial charge in [0.15, 0.2) is 5.78 Å². The minimum absolute atomic E-state index is 0.0223. The first-order chi connectivity index (χ1) is 13.4. The number of amides is 2. The van der Waals surface area contributed by atoms with Gasteiger partial charge in [-0.3, -0.25) is 4.79 Å². The van der Waals surface area contributed by atoms with E-state index in [1.807, 2.05) is 0 Å². The zero-order valence-electron chi connectivity index (χ0n) is 14.8. The summed E-state index contributed by atoms with van der Waals surface area (Å²) in [5.74, 6) is -3.13. The van der Waals surface area contributed by atoms with Gasteiger partial charge in [-0.2, -0.15) is 13.2 Å². The molecule has 0 aliphatic carbocycles. The topological polar surface area (TPSA) is 78.4 Å². The molecule has 3 rings (SSSR count).